The van der Waals surface area contributed by atoms with E-state index in [1.165, 1.54) is 6.07 Å². The number of hydrogen-bond acceptors (Lipinski definition) is 21. The standard InChI is InChI=1S/C22H17N5O17S5/c23-10-1-3-13(16(7-10)48(35,36)37)25-26-19-15(46-44-42-31)5-9-6-17(49(38,39)40)20(22(29)18(9)21(19)28)27-24-12-4-2-11(47(32,33)34)8-14(12)45-43-41-30/h1-8,28-31H,23H2,(H,32,33,34)(H,35,36,37)(H,38,39,40). The summed E-state index contributed by atoms with van der Waals surface area (Å²) in [5, 5.41) is 60.4. The maximum Gasteiger partial charge on any atom is 0.296 e. The molecule has 9 N–H and O–H groups in total. The Bertz CT molecular complexity index is 2340. The van der Waals surface area contributed by atoms with E-state index in [-0.39, 0.29) is 50.6 Å². The van der Waals surface area contributed by atoms with Crippen molar-refractivity contribution >= 4 is 93.6 Å². The first-order chi connectivity index (χ1) is 22.9. The Balaban J connectivity index is 1.98. The van der Waals surface area contributed by atoms with Crippen LogP contribution in [0.1, 0.15) is 0 Å². The summed E-state index contributed by atoms with van der Waals surface area (Å²) < 4.78 is 109. The highest BCUT2D eigenvalue weighted by atomic mass is 32.2. The summed E-state index contributed by atoms with van der Waals surface area (Å²) >= 11 is 0.305. The van der Waals surface area contributed by atoms with Crippen LogP contribution in [0.2, 0.25) is 0 Å². The summed E-state index contributed by atoms with van der Waals surface area (Å²) in [5.74, 6) is -2.17. The molecule has 0 fully saturated rings. The lowest BCUT2D eigenvalue weighted by Gasteiger charge is -2.13. The van der Waals surface area contributed by atoms with Gasteiger partial charge in [-0.15, -0.1) is 29.1 Å². The van der Waals surface area contributed by atoms with Crippen molar-refractivity contribution in [2.75, 3.05) is 5.73 Å². The molecule has 0 amide bonds. The molecule has 0 bridgehead atoms. The van der Waals surface area contributed by atoms with E-state index in [0.29, 0.717) is 6.07 Å². The zero-order valence-corrected chi connectivity index (χ0v) is 27.3. The predicted molar refractivity (Wildman–Crippen MR) is 164 cm³/mol. The van der Waals surface area contributed by atoms with Crippen LogP contribution in [-0.2, 0) is 49.1 Å². The zero-order chi connectivity index (χ0) is 36.3. The van der Waals surface area contributed by atoms with Crippen LogP contribution in [0, 0.1) is 0 Å². The summed E-state index contributed by atoms with van der Waals surface area (Å²) in [4.78, 5) is -3.20. The van der Waals surface area contributed by atoms with Gasteiger partial charge in [0.25, 0.3) is 30.4 Å². The van der Waals surface area contributed by atoms with Crippen LogP contribution >= 0.6 is 24.1 Å². The molecular formula is C22H17N5O17S5. The highest BCUT2D eigenvalue weighted by Gasteiger charge is 2.27. The van der Waals surface area contributed by atoms with Crippen LogP contribution in [0.5, 0.6) is 11.5 Å². The number of aromatic hydroxyl groups is 2. The first-order valence-electron chi connectivity index (χ1n) is 12.0. The summed E-state index contributed by atoms with van der Waals surface area (Å²) in [5.41, 5.74) is 3.02. The van der Waals surface area contributed by atoms with Gasteiger partial charge >= 0.3 is 0 Å². The second-order valence-corrected chi connectivity index (χ2v) is 14.6. The summed E-state index contributed by atoms with van der Waals surface area (Å²) in [6.07, 6.45) is 0. The Morgan fingerprint density at radius 1 is 0.612 bits per heavy atom. The summed E-state index contributed by atoms with van der Waals surface area (Å²) in [6.45, 7) is 0. The van der Waals surface area contributed by atoms with Crippen LogP contribution in [0.4, 0.5) is 28.4 Å². The molecule has 27 heteroatoms. The number of anilines is 1. The van der Waals surface area contributed by atoms with E-state index in [1.807, 2.05) is 0 Å². The van der Waals surface area contributed by atoms with Crippen molar-refractivity contribution < 1.29 is 78.4 Å². The van der Waals surface area contributed by atoms with Gasteiger partial charge in [-0.2, -0.15) is 25.3 Å². The van der Waals surface area contributed by atoms with E-state index in [9.17, 15) is 49.1 Å². The zero-order valence-electron chi connectivity index (χ0n) is 23.2. The molecular weight excluding hydrogens is 767 g/mol. The maximum absolute atomic E-state index is 12.4. The highest BCUT2D eigenvalue weighted by Crippen LogP contribution is 2.51. The fourth-order valence-corrected chi connectivity index (χ4v) is 6.72. The van der Waals surface area contributed by atoms with Gasteiger partial charge in [0.05, 0.1) is 44.2 Å². The van der Waals surface area contributed by atoms with E-state index in [0.717, 1.165) is 36.4 Å². The normalized spacial score (nSPS) is 12.8. The average Bonchev–Trinajstić information content (AvgIpc) is 3.00. The van der Waals surface area contributed by atoms with Gasteiger partial charge in [-0.05, 0) is 53.9 Å². The molecule has 0 unspecified atom stereocenters. The molecule has 0 aliphatic carbocycles. The molecule has 0 atom stereocenters. The molecule has 0 aliphatic heterocycles. The molecule has 49 heavy (non-hydrogen) atoms. The fourth-order valence-electron chi connectivity index (χ4n) is 3.85. The first-order valence-corrected chi connectivity index (χ1v) is 17.8. The van der Waals surface area contributed by atoms with Crippen molar-refractivity contribution in [2.45, 2.75) is 24.5 Å². The second-order valence-electron chi connectivity index (χ2n) is 8.88. The number of fused-ring (bicyclic) bond motifs is 1. The molecule has 0 saturated heterocycles. The number of nitrogens with zero attached hydrogens (tertiary/aromatic N) is 4. The Labute approximate surface area is 281 Å². The number of rotatable bonds is 13. The Hall–Kier alpha value is -4.07. The van der Waals surface area contributed by atoms with Crippen LogP contribution in [0.15, 0.2) is 93.5 Å². The lowest BCUT2D eigenvalue weighted by molar-refractivity contribution is -0.432. The lowest BCUT2D eigenvalue weighted by atomic mass is 10.1. The van der Waals surface area contributed by atoms with Gasteiger partial charge in [-0.3, -0.25) is 13.7 Å². The van der Waals surface area contributed by atoms with Crippen molar-refractivity contribution in [3.05, 3.63) is 48.5 Å². The minimum Gasteiger partial charge on any atom is -0.505 e. The number of benzene rings is 4. The minimum atomic E-state index is -5.25. The lowest BCUT2D eigenvalue weighted by Crippen LogP contribution is -2.00. The van der Waals surface area contributed by atoms with Gasteiger partial charge in [-0.1, -0.05) is 10.1 Å². The fraction of sp³-hybridized carbons (Fsp3) is 0. The Kier molecular flexibility index (Phi) is 11.4. The average molecular weight is 784 g/mol. The molecule has 4 aromatic carbocycles. The number of nitrogen functional groups attached to an aromatic ring is 1. The van der Waals surface area contributed by atoms with Crippen molar-refractivity contribution in [2.24, 2.45) is 20.5 Å². The summed E-state index contributed by atoms with van der Waals surface area (Å²) in [7, 11) is -14.9. The molecule has 0 aliphatic rings. The van der Waals surface area contributed by atoms with Gasteiger partial charge in [0.2, 0.25) is 0 Å². The third-order valence-electron chi connectivity index (χ3n) is 5.84. The van der Waals surface area contributed by atoms with Crippen LogP contribution < -0.4 is 5.73 Å². The Morgan fingerprint density at radius 3 is 1.76 bits per heavy atom. The maximum atomic E-state index is 12.4. The van der Waals surface area contributed by atoms with Crippen LogP contribution in [0.25, 0.3) is 10.8 Å². The first kappa shape index (κ1) is 37.7. The molecule has 0 spiro atoms. The summed E-state index contributed by atoms with van der Waals surface area (Å²) in [6, 6.07) is 7.35. The molecule has 22 nitrogen and oxygen atoms in total. The molecule has 0 saturated carbocycles. The molecule has 4 rings (SSSR count). The number of nitrogens with two attached hydrogens (primary N) is 1. The molecule has 0 aromatic heterocycles. The Morgan fingerprint density at radius 2 is 1.16 bits per heavy atom. The van der Waals surface area contributed by atoms with Crippen LogP contribution in [0.3, 0.4) is 0 Å². The van der Waals surface area contributed by atoms with Crippen molar-refractivity contribution in [1.29, 1.82) is 0 Å². The number of phenols is 2. The van der Waals surface area contributed by atoms with E-state index in [2.05, 4.69) is 39.2 Å². The van der Waals surface area contributed by atoms with Gasteiger partial charge in [0, 0.05) is 5.69 Å². The van der Waals surface area contributed by atoms with E-state index in [1.54, 1.807) is 0 Å². The highest BCUT2D eigenvalue weighted by molar-refractivity contribution is 7.95. The van der Waals surface area contributed by atoms with Crippen LogP contribution in [-0.4, -0.2) is 59.6 Å². The molecule has 0 heterocycles. The third-order valence-corrected chi connectivity index (χ3v) is 9.70. The topological polar surface area (TPSA) is 356 Å². The SMILES string of the molecule is Nc1ccc(N=Nc2c(SOOO)cc3cc(S(=O)(=O)O)c(N=Nc4ccc(S(=O)(=O)O)cc4SOOO)c(O)c3c2O)c(S(=O)(=O)O)c1. The van der Waals surface area contributed by atoms with Crippen molar-refractivity contribution in [3.63, 3.8) is 0 Å². The monoisotopic (exact) mass is 783 g/mol. The quantitative estimate of drug-likeness (QED) is 0.0214. The molecule has 4 aromatic rings. The number of azo groups is 2. The predicted octanol–water partition coefficient (Wildman–Crippen LogP) is 5.26. The largest absolute Gasteiger partial charge is 0.505 e. The van der Waals surface area contributed by atoms with Crippen molar-refractivity contribution in [3.8, 4) is 11.5 Å². The second kappa shape index (κ2) is 14.8. The van der Waals surface area contributed by atoms with Gasteiger partial charge in [0.1, 0.15) is 32.5 Å². The van der Waals surface area contributed by atoms with E-state index >= 15 is 0 Å². The minimum absolute atomic E-state index is 0.0829. The van der Waals surface area contributed by atoms with Gasteiger partial charge < -0.3 is 15.9 Å². The van der Waals surface area contributed by atoms with Crippen molar-refractivity contribution in [1.82, 2.24) is 0 Å². The number of phenolic OH excluding ortho intramolecular Hbond substituents is 2. The third kappa shape index (κ3) is 8.75. The smallest absolute Gasteiger partial charge is 0.296 e. The van der Waals surface area contributed by atoms with Gasteiger partial charge in [-0.25, -0.2) is 10.5 Å². The molecule has 0 radical (unpaired) electrons. The van der Waals surface area contributed by atoms with E-state index < -0.39 is 79.0 Å². The molecule has 262 valence electrons. The van der Waals surface area contributed by atoms with Gasteiger partial charge in [0.15, 0.2) is 11.5 Å². The number of hydrogen-bond donors (Lipinski definition) is 8. The van der Waals surface area contributed by atoms with E-state index in [4.69, 9.17) is 16.2 Å².